The van der Waals surface area contributed by atoms with Crippen LogP contribution >= 0.6 is 0 Å². The molecule has 0 fully saturated rings. The van der Waals surface area contributed by atoms with Crippen LogP contribution in [0.2, 0.25) is 0 Å². The summed E-state index contributed by atoms with van der Waals surface area (Å²) in [5.74, 6) is -0.0132. The zero-order valence-corrected chi connectivity index (χ0v) is 14.9. The van der Waals surface area contributed by atoms with Crippen molar-refractivity contribution in [1.29, 1.82) is 0 Å². The Bertz CT molecular complexity index is 816. The standard InChI is InChI=1S/C19H21N3O4/c1-12(23)14-4-6-15(7-5-14)20-11-19(25)22-17-10-16(21-13(2)24)8-9-18(17)26-3/h4-10,20H,11H2,1-3H3,(H,21,24)(H,22,25). The summed E-state index contributed by atoms with van der Waals surface area (Å²) in [5, 5.41) is 8.38. The molecule has 136 valence electrons. The number of nitrogens with one attached hydrogen (secondary N) is 3. The normalized spacial score (nSPS) is 9.96. The highest BCUT2D eigenvalue weighted by molar-refractivity contribution is 5.97. The van der Waals surface area contributed by atoms with Crippen LogP contribution in [-0.4, -0.2) is 31.3 Å². The molecule has 26 heavy (non-hydrogen) atoms. The van der Waals surface area contributed by atoms with Gasteiger partial charge in [0.2, 0.25) is 11.8 Å². The van der Waals surface area contributed by atoms with Crippen LogP contribution in [-0.2, 0) is 9.59 Å². The highest BCUT2D eigenvalue weighted by Gasteiger charge is 2.09. The zero-order chi connectivity index (χ0) is 19.1. The van der Waals surface area contributed by atoms with Crippen LogP contribution in [0.1, 0.15) is 24.2 Å². The van der Waals surface area contributed by atoms with Crippen molar-refractivity contribution in [2.45, 2.75) is 13.8 Å². The monoisotopic (exact) mass is 355 g/mol. The van der Waals surface area contributed by atoms with Gasteiger partial charge in [-0.1, -0.05) is 0 Å². The molecule has 0 aliphatic rings. The van der Waals surface area contributed by atoms with Gasteiger partial charge in [0.1, 0.15) is 5.75 Å². The van der Waals surface area contributed by atoms with Crippen LogP contribution in [0.5, 0.6) is 5.75 Å². The Labute approximate surface area is 151 Å². The second-order valence-corrected chi connectivity index (χ2v) is 5.63. The number of Topliss-reactive ketones (excluding diaryl/α,β-unsaturated/α-hetero) is 1. The van der Waals surface area contributed by atoms with Gasteiger partial charge in [-0.15, -0.1) is 0 Å². The fraction of sp³-hybridized carbons (Fsp3) is 0.211. The molecule has 0 heterocycles. The average molecular weight is 355 g/mol. The number of methoxy groups -OCH3 is 1. The van der Waals surface area contributed by atoms with Gasteiger partial charge < -0.3 is 20.7 Å². The lowest BCUT2D eigenvalue weighted by molar-refractivity contribution is -0.115. The maximum Gasteiger partial charge on any atom is 0.243 e. The number of amides is 2. The Morgan fingerprint density at radius 3 is 2.15 bits per heavy atom. The quantitative estimate of drug-likeness (QED) is 0.664. The second-order valence-electron chi connectivity index (χ2n) is 5.63. The van der Waals surface area contributed by atoms with E-state index in [1.54, 1.807) is 42.5 Å². The molecule has 2 aromatic carbocycles. The number of carbonyl (C=O) groups excluding carboxylic acids is 3. The van der Waals surface area contributed by atoms with E-state index < -0.39 is 0 Å². The molecule has 2 amide bonds. The summed E-state index contributed by atoms with van der Waals surface area (Å²) >= 11 is 0. The third-order valence-corrected chi connectivity index (χ3v) is 3.54. The summed E-state index contributed by atoms with van der Waals surface area (Å²) in [6.45, 7) is 2.94. The van der Waals surface area contributed by atoms with Gasteiger partial charge in [0.25, 0.3) is 0 Å². The van der Waals surface area contributed by atoms with Gasteiger partial charge in [0.15, 0.2) is 5.78 Å². The molecule has 0 aliphatic heterocycles. The first-order valence-electron chi connectivity index (χ1n) is 7.99. The van der Waals surface area contributed by atoms with Gasteiger partial charge in [0.05, 0.1) is 19.3 Å². The second kappa shape index (κ2) is 8.66. The molecule has 0 spiro atoms. The Balaban J connectivity index is 2.00. The van der Waals surface area contributed by atoms with E-state index in [2.05, 4.69) is 16.0 Å². The van der Waals surface area contributed by atoms with Gasteiger partial charge in [0, 0.05) is 23.9 Å². The number of hydrogen-bond acceptors (Lipinski definition) is 5. The topological polar surface area (TPSA) is 96.5 Å². The van der Waals surface area contributed by atoms with E-state index in [0.29, 0.717) is 22.7 Å². The number of benzene rings is 2. The minimum Gasteiger partial charge on any atom is -0.495 e. The molecule has 0 aromatic heterocycles. The van der Waals surface area contributed by atoms with E-state index >= 15 is 0 Å². The summed E-state index contributed by atoms with van der Waals surface area (Å²) in [7, 11) is 1.50. The average Bonchev–Trinajstić information content (AvgIpc) is 2.60. The predicted molar refractivity (Wildman–Crippen MR) is 101 cm³/mol. The molecule has 0 radical (unpaired) electrons. The van der Waals surface area contributed by atoms with Gasteiger partial charge in [-0.25, -0.2) is 0 Å². The molecule has 7 nitrogen and oxygen atoms in total. The Hall–Kier alpha value is -3.35. The van der Waals surface area contributed by atoms with Crippen LogP contribution in [0, 0.1) is 0 Å². The molecule has 2 rings (SSSR count). The van der Waals surface area contributed by atoms with E-state index in [-0.39, 0.29) is 24.1 Å². The number of carbonyl (C=O) groups is 3. The first-order chi connectivity index (χ1) is 12.4. The van der Waals surface area contributed by atoms with Crippen molar-refractivity contribution in [3.63, 3.8) is 0 Å². The first-order valence-corrected chi connectivity index (χ1v) is 7.99. The molecule has 0 bridgehead atoms. The molecule has 3 N–H and O–H groups in total. The van der Waals surface area contributed by atoms with E-state index in [9.17, 15) is 14.4 Å². The molecular formula is C19H21N3O4. The van der Waals surface area contributed by atoms with Crippen LogP contribution in [0.25, 0.3) is 0 Å². The molecular weight excluding hydrogens is 334 g/mol. The fourth-order valence-electron chi connectivity index (χ4n) is 2.29. The third-order valence-electron chi connectivity index (χ3n) is 3.54. The highest BCUT2D eigenvalue weighted by atomic mass is 16.5. The molecule has 0 saturated heterocycles. The summed E-state index contributed by atoms with van der Waals surface area (Å²) in [5.41, 5.74) is 2.35. The molecule has 2 aromatic rings. The van der Waals surface area contributed by atoms with Crippen molar-refractivity contribution in [1.82, 2.24) is 0 Å². The number of anilines is 3. The number of ether oxygens (including phenoxy) is 1. The Kier molecular flexibility index (Phi) is 6.32. The van der Waals surface area contributed by atoms with Gasteiger partial charge in [-0.2, -0.15) is 0 Å². The Morgan fingerprint density at radius 1 is 0.923 bits per heavy atom. The lowest BCUT2D eigenvalue weighted by atomic mass is 10.1. The maximum absolute atomic E-state index is 12.2. The summed E-state index contributed by atoms with van der Waals surface area (Å²) in [6, 6.07) is 11.8. The smallest absolute Gasteiger partial charge is 0.243 e. The molecule has 7 heteroatoms. The minimum atomic E-state index is -0.279. The van der Waals surface area contributed by atoms with Crippen LogP contribution < -0.4 is 20.7 Å². The maximum atomic E-state index is 12.2. The predicted octanol–water partition coefficient (Wildman–Crippen LogP) is 2.91. The number of hydrogen-bond donors (Lipinski definition) is 3. The van der Waals surface area contributed by atoms with Crippen LogP contribution in [0.3, 0.4) is 0 Å². The van der Waals surface area contributed by atoms with Crippen molar-refractivity contribution >= 4 is 34.7 Å². The summed E-state index contributed by atoms with van der Waals surface area (Å²) in [6.07, 6.45) is 0. The zero-order valence-electron chi connectivity index (χ0n) is 14.9. The van der Waals surface area contributed by atoms with Gasteiger partial charge in [-0.05, 0) is 49.4 Å². The van der Waals surface area contributed by atoms with E-state index in [1.807, 2.05) is 0 Å². The lowest BCUT2D eigenvalue weighted by Gasteiger charge is -2.13. The largest absolute Gasteiger partial charge is 0.495 e. The van der Waals surface area contributed by atoms with Crippen molar-refractivity contribution in [3.8, 4) is 5.75 Å². The summed E-state index contributed by atoms with van der Waals surface area (Å²) in [4.78, 5) is 34.6. The molecule has 0 saturated carbocycles. The van der Waals surface area contributed by atoms with Crippen LogP contribution in [0.4, 0.5) is 17.1 Å². The number of rotatable bonds is 7. The van der Waals surface area contributed by atoms with Crippen molar-refractivity contribution < 1.29 is 19.1 Å². The lowest BCUT2D eigenvalue weighted by Crippen LogP contribution is -2.22. The van der Waals surface area contributed by atoms with E-state index in [0.717, 1.165) is 5.69 Å². The molecule has 0 aliphatic carbocycles. The highest BCUT2D eigenvalue weighted by Crippen LogP contribution is 2.27. The van der Waals surface area contributed by atoms with Crippen LogP contribution in [0.15, 0.2) is 42.5 Å². The summed E-state index contributed by atoms with van der Waals surface area (Å²) < 4.78 is 5.22. The SMILES string of the molecule is COc1ccc(NC(C)=O)cc1NC(=O)CNc1ccc(C(C)=O)cc1. The molecule has 0 atom stereocenters. The van der Waals surface area contributed by atoms with Crippen molar-refractivity contribution in [2.24, 2.45) is 0 Å². The number of ketones is 1. The fourth-order valence-corrected chi connectivity index (χ4v) is 2.29. The van der Waals surface area contributed by atoms with Crippen molar-refractivity contribution in [2.75, 3.05) is 29.6 Å². The Morgan fingerprint density at radius 2 is 1.58 bits per heavy atom. The van der Waals surface area contributed by atoms with E-state index in [4.69, 9.17) is 4.74 Å². The third kappa shape index (κ3) is 5.34. The van der Waals surface area contributed by atoms with Gasteiger partial charge >= 0.3 is 0 Å². The minimum absolute atomic E-state index is 0.0135. The molecule has 0 unspecified atom stereocenters. The van der Waals surface area contributed by atoms with Crippen molar-refractivity contribution in [3.05, 3.63) is 48.0 Å². The van der Waals surface area contributed by atoms with Gasteiger partial charge in [-0.3, -0.25) is 14.4 Å². The van der Waals surface area contributed by atoms with E-state index in [1.165, 1.54) is 21.0 Å². The first kappa shape index (κ1) is 19.0.